The van der Waals surface area contributed by atoms with Crippen molar-refractivity contribution in [3.05, 3.63) is 47.2 Å². The molecule has 0 unspecified atom stereocenters. The molecule has 1 aromatic carbocycles. The smallest absolute Gasteiger partial charge is 0.257 e. The quantitative estimate of drug-likeness (QED) is 0.831. The number of ether oxygens (including phenoxy) is 1. The number of hydrogen-bond acceptors (Lipinski definition) is 3. The number of likely N-dealkylation sites (tertiary alicyclic amines) is 1. The molecule has 128 valence electrons. The molecule has 5 nitrogen and oxygen atoms in total. The Bertz CT molecular complexity index is 680. The van der Waals surface area contributed by atoms with Crippen molar-refractivity contribution < 1.29 is 9.53 Å². The molecule has 0 saturated carbocycles. The summed E-state index contributed by atoms with van der Waals surface area (Å²) < 4.78 is 7.26. The summed E-state index contributed by atoms with van der Waals surface area (Å²) in [5.41, 5.74) is 0.542. The van der Waals surface area contributed by atoms with Crippen LogP contribution in [-0.4, -0.2) is 40.8 Å². The van der Waals surface area contributed by atoms with Crippen molar-refractivity contribution >= 4 is 17.5 Å². The van der Waals surface area contributed by atoms with Crippen LogP contribution in [0.4, 0.5) is 0 Å². The number of aromatic nitrogens is 2. The lowest BCUT2D eigenvalue weighted by molar-refractivity contribution is 0.0681. The van der Waals surface area contributed by atoms with E-state index in [4.69, 9.17) is 16.3 Å². The van der Waals surface area contributed by atoms with Gasteiger partial charge in [0.05, 0.1) is 12.7 Å². The summed E-state index contributed by atoms with van der Waals surface area (Å²) in [6.07, 6.45) is 6.94. The summed E-state index contributed by atoms with van der Waals surface area (Å²) in [6.45, 7) is 2.49. The number of carbonyl (C=O) groups excluding carboxylic acids is 1. The second-order valence-electron chi connectivity index (χ2n) is 6.14. The molecular formula is C18H22ClN3O2. The van der Waals surface area contributed by atoms with E-state index in [9.17, 15) is 4.79 Å². The summed E-state index contributed by atoms with van der Waals surface area (Å²) >= 11 is 6.04. The van der Waals surface area contributed by atoms with Crippen LogP contribution in [-0.2, 0) is 6.54 Å². The number of halogens is 1. The van der Waals surface area contributed by atoms with Crippen molar-refractivity contribution in [2.45, 2.75) is 25.8 Å². The van der Waals surface area contributed by atoms with E-state index in [2.05, 4.69) is 5.10 Å². The highest BCUT2D eigenvalue weighted by atomic mass is 35.5. The second-order valence-corrected chi connectivity index (χ2v) is 6.57. The molecule has 2 heterocycles. The molecule has 0 radical (unpaired) electrons. The van der Waals surface area contributed by atoms with Gasteiger partial charge in [-0.25, -0.2) is 0 Å². The molecular weight excluding hydrogens is 326 g/mol. The Morgan fingerprint density at radius 3 is 2.83 bits per heavy atom. The molecule has 1 aromatic heterocycles. The Balaban J connectivity index is 1.56. The predicted octanol–water partition coefficient (Wildman–Crippen LogP) is 3.49. The number of hydrogen-bond donors (Lipinski definition) is 0. The van der Waals surface area contributed by atoms with Crippen LogP contribution in [0.25, 0.3) is 0 Å². The maximum atomic E-state index is 12.8. The van der Waals surface area contributed by atoms with E-state index in [1.807, 2.05) is 21.8 Å². The normalized spacial score (nSPS) is 15.5. The molecule has 1 aliphatic heterocycles. The van der Waals surface area contributed by atoms with Crippen LogP contribution >= 0.6 is 11.6 Å². The minimum atomic E-state index is -0.000115. The lowest BCUT2D eigenvalue weighted by atomic mass is 9.93. The van der Waals surface area contributed by atoms with Gasteiger partial charge in [0, 0.05) is 37.1 Å². The standard InChI is InChI=1S/C18H22ClN3O2/c1-24-17-4-3-15(19)13-16(17)18(23)21-10-5-14(6-11-21)7-12-22-9-2-8-20-22/h2-4,8-9,13-14H,5-7,10-12H2,1H3. The highest BCUT2D eigenvalue weighted by Gasteiger charge is 2.25. The maximum absolute atomic E-state index is 12.8. The Morgan fingerprint density at radius 2 is 2.17 bits per heavy atom. The predicted molar refractivity (Wildman–Crippen MR) is 93.5 cm³/mol. The summed E-state index contributed by atoms with van der Waals surface area (Å²) in [7, 11) is 1.57. The minimum Gasteiger partial charge on any atom is -0.496 e. The molecule has 6 heteroatoms. The topological polar surface area (TPSA) is 47.4 Å². The van der Waals surface area contributed by atoms with E-state index in [1.165, 1.54) is 0 Å². The minimum absolute atomic E-state index is 0.000115. The monoisotopic (exact) mass is 347 g/mol. The number of aryl methyl sites for hydroxylation is 1. The number of benzene rings is 1. The lowest BCUT2D eigenvalue weighted by Gasteiger charge is -2.32. The number of carbonyl (C=O) groups is 1. The van der Waals surface area contributed by atoms with Crippen molar-refractivity contribution in [1.82, 2.24) is 14.7 Å². The fourth-order valence-corrected chi connectivity index (χ4v) is 3.36. The van der Waals surface area contributed by atoms with E-state index in [0.29, 0.717) is 22.3 Å². The van der Waals surface area contributed by atoms with Crippen molar-refractivity contribution in [3.63, 3.8) is 0 Å². The van der Waals surface area contributed by atoms with Crippen LogP contribution in [0, 0.1) is 5.92 Å². The molecule has 0 bridgehead atoms. The van der Waals surface area contributed by atoms with Gasteiger partial charge in [0.15, 0.2) is 0 Å². The summed E-state index contributed by atoms with van der Waals surface area (Å²) in [6, 6.07) is 7.11. The van der Waals surface area contributed by atoms with E-state index in [-0.39, 0.29) is 5.91 Å². The van der Waals surface area contributed by atoms with Crippen LogP contribution < -0.4 is 4.74 Å². The zero-order chi connectivity index (χ0) is 16.9. The average molecular weight is 348 g/mol. The fourth-order valence-electron chi connectivity index (χ4n) is 3.19. The van der Waals surface area contributed by atoms with Gasteiger partial charge in [0.25, 0.3) is 5.91 Å². The zero-order valence-corrected chi connectivity index (χ0v) is 14.6. The van der Waals surface area contributed by atoms with Crippen molar-refractivity contribution in [2.24, 2.45) is 5.92 Å². The molecule has 1 amide bonds. The van der Waals surface area contributed by atoms with Gasteiger partial charge in [0.1, 0.15) is 5.75 Å². The van der Waals surface area contributed by atoms with E-state index >= 15 is 0 Å². The second kappa shape index (κ2) is 7.71. The van der Waals surface area contributed by atoms with Gasteiger partial charge in [-0.2, -0.15) is 5.10 Å². The van der Waals surface area contributed by atoms with Gasteiger partial charge >= 0.3 is 0 Å². The van der Waals surface area contributed by atoms with Crippen molar-refractivity contribution in [1.29, 1.82) is 0 Å². The third-order valence-electron chi connectivity index (χ3n) is 4.62. The molecule has 2 aromatic rings. The Hall–Kier alpha value is -2.01. The number of rotatable bonds is 5. The SMILES string of the molecule is COc1ccc(Cl)cc1C(=O)N1CCC(CCn2cccn2)CC1. The lowest BCUT2D eigenvalue weighted by Crippen LogP contribution is -2.38. The van der Waals surface area contributed by atoms with Gasteiger partial charge in [0.2, 0.25) is 0 Å². The van der Waals surface area contributed by atoms with E-state index < -0.39 is 0 Å². The molecule has 1 aliphatic rings. The van der Waals surface area contributed by atoms with Crippen molar-refractivity contribution in [2.75, 3.05) is 20.2 Å². The molecule has 1 fully saturated rings. The first-order chi connectivity index (χ1) is 11.7. The number of piperidine rings is 1. The van der Waals surface area contributed by atoms with Crippen LogP contribution in [0.5, 0.6) is 5.75 Å². The molecule has 3 rings (SSSR count). The third kappa shape index (κ3) is 3.90. The number of methoxy groups -OCH3 is 1. The first-order valence-corrected chi connectivity index (χ1v) is 8.65. The van der Waals surface area contributed by atoms with E-state index in [1.54, 1.807) is 31.5 Å². The summed E-state index contributed by atoms with van der Waals surface area (Å²) in [4.78, 5) is 14.7. The van der Waals surface area contributed by atoms with Gasteiger partial charge in [-0.1, -0.05) is 11.6 Å². The van der Waals surface area contributed by atoms with Crippen LogP contribution in [0.15, 0.2) is 36.7 Å². The Labute approximate surface area is 147 Å². The molecule has 0 atom stereocenters. The molecule has 24 heavy (non-hydrogen) atoms. The summed E-state index contributed by atoms with van der Waals surface area (Å²) in [5, 5.41) is 4.79. The molecule has 0 N–H and O–H groups in total. The molecule has 1 saturated heterocycles. The van der Waals surface area contributed by atoms with E-state index in [0.717, 1.165) is 38.9 Å². The fraction of sp³-hybridized carbons (Fsp3) is 0.444. The van der Waals surface area contributed by atoms with Gasteiger partial charge in [-0.3, -0.25) is 9.48 Å². The van der Waals surface area contributed by atoms with Crippen LogP contribution in [0.2, 0.25) is 5.02 Å². The Morgan fingerprint density at radius 1 is 1.38 bits per heavy atom. The zero-order valence-electron chi connectivity index (χ0n) is 13.8. The highest BCUT2D eigenvalue weighted by Crippen LogP contribution is 2.27. The third-order valence-corrected chi connectivity index (χ3v) is 4.85. The van der Waals surface area contributed by atoms with Crippen LogP contribution in [0.3, 0.4) is 0 Å². The van der Waals surface area contributed by atoms with Gasteiger partial charge in [-0.15, -0.1) is 0 Å². The van der Waals surface area contributed by atoms with Gasteiger partial charge in [-0.05, 0) is 49.4 Å². The number of amides is 1. The maximum Gasteiger partial charge on any atom is 0.257 e. The summed E-state index contributed by atoms with van der Waals surface area (Å²) in [5.74, 6) is 1.21. The van der Waals surface area contributed by atoms with Crippen LogP contribution in [0.1, 0.15) is 29.6 Å². The molecule has 0 aliphatic carbocycles. The Kier molecular flexibility index (Phi) is 5.41. The average Bonchev–Trinajstić information content (AvgIpc) is 3.13. The molecule has 0 spiro atoms. The first-order valence-electron chi connectivity index (χ1n) is 8.27. The largest absolute Gasteiger partial charge is 0.496 e. The highest BCUT2D eigenvalue weighted by molar-refractivity contribution is 6.31. The van der Waals surface area contributed by atoms with Crippen molar-refractivity contribution in [3.8, 4) is 5.75 Å². The van der Waals surface area contributed by atoms with Gasteiger partial charge < -0.3 is 9.64 Å². The first kappa shape index (κ1) is 16.8. The number of nitrogens with zero attached hydrogens (tertiary/aromatic N) is 3.